The van der Waals surface area contributed by atoms with Crippen molar-refractivity contribution < 1.29 is 27.8 Å². The van der Waals surface area contributed by atoms with E-state index >= 15 is 8.78 Å². The lowest BCUT2D eigenvalue weighted by Gasteiger charge is -2.36. The van der Waals surface area contributed by atoms with Crippen molar-refractivity contribution in [2.75, 3.05) is 36.4 Å². The predicted octanol–water partition coefficient (Wildman–Crippen LogP) is 7.98. The second-order valence-electron chi connectivity index (χ2n) is 12.4. The number of ether oxygens (including phenoxy) is 2. The van der Waals surface area contributed by atoms with E-state index in [0.29, 0.717) is 42.9 Å². The van der Waals surface area contributed by atoms with Gasteiger partial charge in [0.15, 0.2) is 10.9 Å². The molecular formula is C31H31F2IN6O4S2. The summed E-state index contributed by atoms with van der Waals surface area (Å²) >= 11 is 2.94. The number of hydrogen-bond donors (Lipinski definition) is 1. The maximum Gasteiger partial charge on any atom is 0.413 e. The standard InChI is InChI=1S/C31H31F2IN6O4S2/c1-30(2,3)43-28(41)38-27-37-24-18(7-8-20(32)25(24)46-27)21-17(9-14-45-34)15-19-23(22(21)33)35-16-36-26(19)39-10-12-40(13-11-39)29(42)44-31(4,5)6/h7-8,15-16H,10-13H2,1-6H3,(H,37,38,41). The van der Waals surface area contributed by atoms with Gasteiger partial charge >= 0.3 is 12.2 Å². The molecule has 1 aliphatic heterocycles. The third-order valence-corrected chi connectivity index (χ3v) is 8.50. The first-order valence-corrected chi connectivity index (χ1v) is 18.4. The molecule has 1 aliphatic rings. The fourth-order valence-electron chi connectivity index (χ4n) is 4.88. The van der Waals surface area contributed by atoms with Gasteiger partial charge in [-0.15, -0.1) is 0 Å². The molecule has 10 nitrogen and oxygen atoms in total. The van der Waals surface area contributed by atoms with Crippen LogP contribution in [0.2, 0.25) is 0 Å². The summed E-state index contributed by atoms with van der Waals surface area (Å²) in [4.78, 5) is 41.8. The number of rotatable bonds is 3. The number of thiazole rings is 1. The summed E-state index contributed by atoms with van der Waals surface area (Å²) in [6.07, 6.45) is 0.163. The Morgan fingerprint density at radius 3 is 2.37 bits per heavy atom. The molecule has 15 heteroatoms. The van der Waals surface area contributed by atoms with Crippen LogP contribution in [0.5, 0.6) is 0 Å². The Bertz CT molecular complexity index is 1890. The van der Waals surface area contributed by atoms with Crippen LogP contribution in [0.3, 0.4) is 0 Å². The first kappa shape index (κ1) is 33.9. The summed E-state index contributed by atoms with van der Waals surface area (Å²) in [5.41, 5.74) is -0.413. The van der Waals surface area contributed by atoms with Gasteiger partial charge in [0.1, 0.15) is 34.7 Å². The highest BCUT2D eigenvalue weighted by molar-refractivity contribution is 14.2. The molecule has 46 heavy (non-hydrogen) atoms. The summed E-state index contributed by atoms with van der Waals surface area (Å²) in [7, 11) is 1.23. The summed E-state index contributed by atoms with van der Waals surface area (Å²) in [5, 5.41) is 6.02. The monoisotopic (exact) mass is 780 g/mol. The minimum atomic E-state index is -0.748. The maximum absolute atomic E-state index is 16.7. The third-order valence-electron chi connectivity index (χ3n) is 6.68. The van der Waals surface area contributed by atoms with E-state index in [4.69, 9.17) is 9.47 Å². The van der Waals surface area contributed by atoms with E-state index in [1.54, 1.807) is 31.7 Å². The molecule has 1 N–H and O–H groups in total. The van der Waals surface area contributed by atoms with Crippen LogP contribution in [0, 0.1) is 22.8 Å². The van der Waals surface area contributed by atoms with Crippen LogP contribution in [-0.4, -0.2) is 69.4 Å². The normalized spacial score (nSPS) is 13.8. The molecule has 0 aliphatic carbocycles. The number of hydrogen-bond acceptors (Lipinski definition) is 10. The molecular weight excluding hydrogens is 749 g/mol. The van der Waals surface area contributed by atoms with Gasteiger partial charge in [-0.2, -0.15) is 0 Å². The van der Waals surface area contributed by atoms with Crippen molar-refractivity contribution in [2.45, 2.75) is 52.7 Å². The number of amides is 2. The number of benzene rings is 2. The molecule has 5 rings (SSSR count). The van der Waals surface area contributed by atoms with Crippen LogP contribution < -0.4 is 10.2 Å². The van der Waals surface area contributed by atoms with E-state index in [0.717, 1.165) is 11.3 Å². The average Bonchev–Trinajstić information content (AvgIpc) is 3.39. The summed E-state index contributed by atoms with van der Waals surface area (Å²) in [5.74, 6) is 2.30. The van der Waals surface area contributed by atoms with Crippen LogP contribution in [0.25, 0.3) is 32.2 Å². The van der Waals surface area contributed by atoms with Gasteiger partial charge < -0.3 is 19.3 Å². The van der Waals surface area contributed by atoms with E-state index < -0.39 is 28.9 Å². The van der Waals surface area contributed by atoms with E-state index in [1.165, 1.54) is 27.4 Å². The van der Waals surface area contributed by atoms with Crippen molar-refractivity contribution in [2.24, 2.45) is 0 Å². The molecule has 0 saturated carbocycles. The molecule has 0 atom stereocenters. The lowest BCUT2D eigenvalue weighted by Crippen LogP contribution is -2.50. The topological polar surface area (TPSA) is 110 Å². The number of halogens is 3. The van der Waals surface area contributed by atoms with Crippen molar-refractivity contribution in [1.29, 1.82) is 0 Å². The molecule has 0 bridgehead atoms. The smallest absolute Gasteiger partial charge is 0.413 e. The Morgan fingerprint density at radius 1 is 1.02 bits per heavy atom. The summed E-state index contributed by atoms with van der Waals surface area (Å²) < 4.78 is 42.7. The Labute approximate surface area is 285 Å². The zero-order valence-electron chi connectivity index (χ0n) is 26.0. The maximum atomic E-state index is 16.7. The lowest BCUT2D eigenvalue weighted by molar-refractivity contribution is 0.0240. The van der Waals surface area contributed by atoms with Crippen LogP contribution in [0.15, 0.2) is 24.5 Å². The Kier molecular flexibility index (Phi) is 9.81. The highest BCUT2D eigenvalue weighted by atomic mass is 127. The van der Waals surface area contributed by atoms with Gasteiger partial charge in [-0.05, 0) is 73.9 Å². The average molecular weight is 781 g/mol. The fraction of sp³-hybridized carbons (Fsp3) is 0.387. The van der Waals surface area contributed by atoms with Gasteiger partial charge in [-0.25, -0.2) is 33.3 Å². The summed E-state index contributed by atoms with van der Waals surface area (Å²) in [6, 6.07) is 4.40. The molecule has 4 aromatic rings. The van der Waals surface area contributed by atoms with E-state index in [-0.39, 0.29) is 38.1 Å². The van der Waals surface area contributed by atoms with Crippen molar-refractivity contribution in [3.63, 3.8) is 0 Å². The second kappa shape index (κ2) is 13.3. The minimum Gasteiger partial charge on any atom is -0.444 e. The molecule has 0 spiro atoms. The van der Waals surface area contributed by atoms with Gasteiger partial charge in [0.25, 0.3) is 0 Å². The molecule has 2 amide bonds. The first-order chi connectivity index (χ1) is 21.6. The Hall–Kier alpha value is -3.49. The molecule has 1 fully saturated rings. The highest BCUT2D eigenvalue weighted by Crippen LogP contribution is 2.41. The third kappa shape index (κ3) is 7.55. The number of piperazine rings is 1. The number of nitrogens with one attached hydrogen (secondary N) is 1. The van der Waals surface area contributed by atoms with Gasteiger partial charge in [0.2, 0.25) is 0 Å². The predicted molar refractivity (Wildman–Crippen MR) is 186 cm³/mol. The lowest BCUT2D eigenvalue weighted by atomic mass is 9.96. The molecule has 3 heterocycles. The number of fused-ring (bicyclic) bond motifs is 2. The number of nitrogens with zero attached hydrogens (tertiary/aromatic N) is 5. The van der Waals surface area contributed by atoms with Gasteiger partial charge in [0, 0.05) is 69.5 Å². The summed E-state index contributed by atoms with van der Waals surface area (Å²) in [6.45, 7) is 12.3. The van der Waals surface area contributed by atoms with Crippen molar-refractivity contribution in [3.05, 3.63) is 41.7 Å². The molecule has 0 radical (unpaired) electrons. The largest absolute Gasteiger partial charge is 0.444 e. The number of aromatic nitrogens is 3. The number of anilines is 2. The second-order valence-corrected chi connectivity index (χ2v) is 15.1. The van der Waals surface area contributed by atoms with Gasteiger partial charge in [-0.3, -0.25) is 5.32 Å². The molecule has 0 unspecified atom stereocenters. The van der Waals surface area contributed by atoms with E-state index in [2.05, 4.69) is 31.4 Å². The van der Waals surface area contributed by atoms with Crippen LogP contribution in [0.4, 0.5) is 29.3 Å². The highest BCUT2D eigenvalue weighted by Gasteiger charge is 2.29. The van der Waals surface area contributed by atoms with Gasteiger partial charge in [-0.1, -0.05) is 17.3 Å². The Morgan fingerprint density at radius 2 is 1.72 bits per heavy atom. The fourth-order valence-corrected chi connectivity index (χ4v) is 6.25. The Balaban J connectivity index is 1.56. The minimum absolute atomic E-state index is 0.0575. The van der Waals surface area contributed by atoms with Crippen molar-refractivity contribution in [3.8, 4) is 22.3 Å². The van der Waals surface area contributed by atoms with Crippen LogP contribution in [0.1, 0.15) is 47.1 Å². The SMILES string of the molecule is CC(C)(C)OC(=O)Nc1nc2c(-c3c(C#CSI)cc4c(N5CCN(C(=O)OC(C)(C)C)CC5)ncnc4c3F)ccc(F)c2s1. The zero-order valence-corrected chi connectivity index (χ0v) is 29.7. The molecule has 2 aromatic heterocycles. The number of carbonyl (C=O) groups excluding carboxylic acids is 2. The zero-order chi connectivity index (χ0) is 33.4. The van der Waals surface area contributed by atoms with Gasteiger partial charge in [0.05, 0.1) is 10.2 Å². The molecule has 1 saturated heterocycles. The molecule has 242 valence electrons. The van der Waals surface area contributed by atoms with Crippen molar-refractivity contribution in [1.82, 2.24) is 19.9 Å². The van der Waals surface area contributed by atoms with E-state index in [9.17, 15) is 9.59 Å². The van der Waals surface area contributed by atoms with E-state index in [1.807, 2.05) is 46.9 Å². The quantitative estimate of drug-likeness (QED) is 0.164. The van der Waals surface area contributed by atoms with Crippen LogP contribution in [-0.2, 0) is 9.47 Å². The first-order valence-electron chi connectivity index (χ1n) is 14.2. The number of carbonyl (C=O) groups is 2. The molecule has 2 aromatic carbocycles. The van der Waals surface area contributed by atoms with Crippen LogP contribution >= 0.6 is 41.5 Å². The van der Waals surface area contributed by atoms with Crippen molar-refractivity contribution >= 4 is 85.7 Å².